The monoisotopic (exact) mass is 332 g/mol. The van der Waals surface area contributed by atoms with Crippen LogP contribution >= 0.6 is 0 Å². The molecule has 130 valence electrons. The van der Waals surface area contributed by atoms with Crippen LogP contribution < -0.4 is 10.2 Å². The normalized spacial score (nSPS) is 18.8. The molecule has 1 aromatic rings. The quantitative estimate of drug-likeness (QED) is 0.735. The zero-order valence-corrected chi connectivity index (χ0v) is 14.1. The highest BCUT2D eigenvalue weighted by atomic mass is 16.5. The van der Waals surface area contributed by atoms with E-state index < -0.39 is 0 Å². The van der Waals surface area contributed by atoms with Crippen molar-refractivity contribution in [1.82, 2.24) is 10.2 Å². The highest BCUT2D eigenvalue weighted by Crippen LogP contribution is 2.14. The topological polar surface area (TPSA) is 63.1 Å². The third-order valence-corrected chi connectivity index (χ3v) is 4.72. The second-order valence-corrected chi connectivity index (χ2v) is 6.48. The summed E-state index contributed by atoms with van der Waals surface area (Å²) in [4.78, 5) is 27.2. The Hall–Kier alpha value is -1.92. The fourth-order valence-electron chi connectivity index (χ4n) is 3.22. The largest absolute Gasteiger partial charge is 0.370 e. The molecule has 0 unspecified atom stereocenters. The van der Waals surface area contributed by atoms with Crippen molar-refractivity contribution in [3.8, 4) is 0 Å². The molecule has 2 fully saturated rings. The molecule has 2 heterocycles. The van der Waals surface area contributed by atoms with Crippen LogP contribution in [-0.2, 0) is 16.1 Å². The zero-order chi connectivity index (χ0) is 16.8. The third-order valence-electron chi connectivity index (χ3n) is 4.72. The molecule has 2 amide bonds. The molecule has 0 atom stereocenters. The van der Waals surface area contributed by atoms with Crippen molar-refractivity contribution in [1.29, 1.82) is 0 Å². The van der Waals surface area contributed by atoms with Crippen LogP contribution in [-0.4, -0.2) is 62.7 Å². The Morgan fingerprint density at radius 3 is 2.62 bits per heavy atom. The lowest BCUT2D eigenvalue weighted by atomic mass is 10.1. The van der Waals surface area contributed by atoms with E-state index in [4.69, 9.17) is 4.74 Å². The molecule has 2 N–H and O–H groups in total. The van der Waals surface area contributed by atoms with Crippen LogP contribution in [0.25, 0.3) is 0 Å². The molecule has 0 radical (unpaired) electrons. The van der Waals surface area contributed by atoms with E-state index in [2.05, 4.69) is 5.32 Å². The number of carbonyl (C=O) groups is 2. The molecular weight excluding hydrogens is 306 g/mol. The number of ether oxygens (including phenoxy) is 1. The molecule has 3 rings (SSSR count). The number of benzene rings is 1. The number of morpholine rings is 1. The van der Waals surface area contributed by atoms with Crippen molar-refractivity contribution in [3.63, 3.8) is 0 Å². The molecule has 2 aliphatic rings. The molecule has 0 bridgehead atoms. The van der Waals surface area contributed by atoms with Gasteiger partial charge in [0, 0.05) is 25.1 Å². The first kappa shape index (κ1) is 16.9. The van der Waals surface area contributed by atoms with Crippen molar-refractivity contribution in [2.45, 2.75) is 19.4 Å². The second-order valence-electron chi connectivity index (χ2n) is 6.48. The van der Waals surface area contributed by atoms with E-state index in [1.807, 2.05) is 29.2 Å². The van der Waals surface area contributed by atoms with Crippen molar-refractivity contribution in [2.75, 3.05) is 45.9 Å². The van der Waals surface area contributed by atoms with Crippen molar-refractivity contribution in [2.24, 2.45) is 0 Å². The summed E-state index contributed by atoms with van der Waals surface area (Å²) in [5.41, 5.74) is 1.74. The standard InChI is InChI=1S/C18H25N3O3/c22-17-2-1-8-21(17)14-15-3-5-16(6-4-15)18(23)19-7-9-20-10-12-24-13-11-20/h3-6H,1-2,7-14H2,(H,19,23)/p+1. The zero-order valence-electron chi connectivity index (χ0n) is 14.1. The number of amides is 2. The van der Waals surface area contributed by atoms with Crippen LogP contribution in [0, 0.1) is 0 Å². The highest BCUT2D eigenvalue weighted by molar-refractivity contribution is 5.94. The Bertz CT molecular complexity index is 567. The molecule has 1 aromatic carbocycles. The van der Waals surface area contributed by atoms with Gasteiger partial charge >= 0.3 is 0 Å². The molecule has 0 saturated carbocycles. The number of hydrogen-bond acceptors (Lipinski definition) is 3. The van der Waals surface area contributed by atoms with Crippen LogP contribution in [0.5, 0.6) is 0 Å². The van der Waals surface area contributed by atoms with Gasteiger partial charge in [-0.15, -0.1) is 0 Å². The summed E-state index contributed by atoms with van der Waals surface area (Å²) in [6.07, 6.45) is 1.61. The lowest BCUT2D eigenvalue weighted by molar-refractivity contribution is -0.906. The van der Waals surface area contributed by atoms with Crippen LogP contribution in [0.1, 0.15) is 28.8 Å². The van der Waals surface area contributed by atoms with Gasteiger partial charge in [-0.1, -0.05) is 12.1 Å². The Morgan fingerprint density at radius 1 is 1.21 bits per heavy atom. The van der Waals surface area contributed by atoms with E-state index in [1.54, 1.807) is 0 Å². The van der Waals surface area contributed by atoms with Crippen molar-refractivity contribution >= 4 is 11.8 Å². The summed E-state index contributed by atoms with van der Waals surface area (Å²) >= 11 is 0. The molecule has 24 heavy (non-hydrogen) atoms. The van der Waals surface area contributed by atoms with Gasteiger partial charge in [0.15, 0.2) is 0 Å². The molecule has 6 heteroatoms. The summed E-state index contributed by atoms with van der Waals surface area (Å²) in [7, 11) is 0. The Morgan fingerprint density at radius 2 is 1.96 bits per heavy atom. The number of nitrogens with zero attached hydrogens (tertiary/aromatic N) is 1. The number of hydrogen-bond donors (Lipinski definition) is 2. The SMILES string of the molecule is O=C(NCC[NH+]1CCOCC1)c1ccc(CN2CCCC2=O)cc1. The maximum Gasteiger partial charge on any atom is 0.251 e. The molecule has 2 aliphatic heterocycles. The summed E-state index contributed by atoms with van der Waals surface area (Å²) in [6, 6.07) is 7.56. The van der Waals surface area contributed by atoms with E-state index in [0.29, 0.717) is 25.1 Å². The van der Waals surface area contributed by atoms with Crippen molar-refractivity contribution in [3.05, 3.63) is 35.4 Å². The van der Waals surface area contributed by atoms with Crippen LogP contribution in [0.4, 0.5) is 0 Å². The van der Waals surface area contributed by atoms with Gasteiger partial charge in [-0.25, -0.2) is 0 Å². The second kappa shape index (κ2) is 8.26. The molecule has 0 aliphatic carbocycles. The number of nitrogens with one attached hydrogen (secondary N) is 2. The van der Waals surface area contributed by atoms with Gasteiger partial charge in [0.05, 0.1) is 26.3 Å². The summed E-state index contributed by atoms with van der Waals surface area (Å²) < 4.78 is 5.33. The van der Waals surface area contributed by atoms with E-state index in [1.165, 1.54) is 4.90 Å². The fourth-order valence-corrected chi connectivity index (χ4v) is 3.22. The van der Waals surface area contributed by atoms with Crippen molar-refractivity contribution < 1.29 is 19.2 Å². The lowest BCUT2D eigenvalue weighted by Gasteiger charge is -2.23. The maximum atomic E-state index is 12.2. The van der Waals surface area contributed by atoms with Gasteiger partial charge in [-0.3, -0.25) is 9.59 Å². The van der Waals surface area contributed by atoms with Gasteiger partial charge in [0.25, 0.3) is 5.91 Å². The molecule has 6 nitrogen and oxygen atoms in total. The van der Waals surface area contributed by atoms with E-state index in [-0.39, 0.29) is 11.8 Å². The Kier molecular flexibility index (Phi) is 5.82. The Balaban J connectivity index is 1.44. The summed E-state index contributed by atoms with van der Waals surface area (Å²) in [6.45, 7) is 6.74. The third kappa shape index (κ3) is 4.55. The summed E-state index contributed by atoms with van der Waals surface area (Å²) in [5, 5.41) is 2.98. The van der Waals surface area contributed by atoms with Crippen LogP contribution in [0.15, 0.2) is 24.3 Å². The first-order chi connectivity index (χ1) is 11.7. The van der Waals surface area contributed by atoms with Crippen LogP contribution in [0.3, 0.4) is 0 Å². The minimum atomic E-state index is -0.0357. The number of rotatable bonds is 6. The minimum absolute atomic E-state index is 0.0357. The molecular formula is C18H26N3O3+. The van der Waals surface area contributed by atoms with Gasteiger partial charge in [-0.2, -0.15) is 0 Å². The molecule has 2 saturated heterocycles. The predicted molar refractivity (Wildman–Crippen MR) is 89.8 cm³/mol. The highest BCUT2D eigenvalue weighted by Gasteiger charge is 2.20. The van der Waals surface area contributed by atoms with Gasteiger partial charge in [0.1, 0.15) is 13.1 Å². The van der Waals surface area contributed by atoms with E-state index in [9.17, 15) is 9.59 Å². The van der Waals surface area contributed by atoms with Gasteiger partial charge < -0.3 is 19.9 Å². The number of quaternary nitrogens is 1. The molecule has 0 aromatic heterocycles. The molecule has 0 spiro atoms. The number of likely N-dealkylation sites (tertiary alicyclic amines) is 1. The average molecular weight is 332 g/mol. The maximum absolute atomic E-state index is 12.2. The summed E-state index contributed by atoms with van der Waals surface area (Å²) in [5.74, 6) is 0.189. The average Bonchev–Trinajstić information content (AvgIpc) is 3.01. The van der Waals surface area contributed by atoms with Gasteiger partial charge in [0.2, 0.25) is 5.91 Å². The smallest absolute Gasteiger partial charge is 0.251 e. The first-order valence-electron chi connectivity index (χ1n) is 8.78. The van der Waals surface area contributed by atoms with E-state index in [0.717, 1.165) is 51.4 Å². The predicted octanol–water partition coefficient (Wildman–Crippen LogP) is -0.546. The number of carbonyl (C=O) groups excluding carboxylic acids is 2. The van der Waals surface area contributed by atoms with E-state index >= 15 is 0 Å². The minimum Gasteiger partial charge on any atom is -0.370 e. The van der Waals surface area contributed by atoms with Gasteiger partial charge in [-0.05, 0) is 24.1 Å². The first-order valence-corrected chi connectivity index (χ1v) is 8.78. The Labute approximate surface area is 142 Å². The lowest BCUT2D eigenvalue weighted by Crippen LogP contribution is -3.14. The fraction of sp³-hybridized carbons (Fsp3) is 0.556. The van der Waals surface area contributed by atoms with Crippen LogP contribution in [0.2, 0.25) is 0 Å².